The number of phenols is 1. The Hall–Kier alpha value is -3.66. The van der Waals surface area contributed by atoms with E-state index in [0.29, 0.717) is 27.5 Å². The summed E-state index contributed by atoms with van der Waals surface area (Å²) >= 11 is 6.00. The fourth-order valence-corrected chi connectivity index (χ4v) is 2.90. The number of hydrogen-bond donors (Lipinski definition) is 1. The number of phenolic OH excluding ortho intramolecular Hbond substituents is 1. The maximum Gasteiger partial charge on any atom is 0.331 e. The average Bonchev–Trinajstić information content (AvgIpc) is 3.09. The molecule has 0 atom stereocenters. The van der Waals surface area contributed by atoms with Crippen LogP contribution in [0, 0.1) is 0 Å². The summed E-state index contributed by atoms with van der Waals surface area (Å²) in [6, 6.07) is 9.95. The van der Waals surface area contributed by atoms with E-state index in [1.807, 2.05) is 27.7 Å². The molecule has 2 aromatic heterocycles. The lowest BCUT2D eigenvalue weighted by molar-refractivity contribution is 0.191. The molecular formula is C21H21ClN6O4. The molecule has 0 saturated carbocycles. The molecule has 4 rings (SSSR count). The summed E-state index contributed by atoms with van der Waals surface area (Å²) in [5.41, 5.74) is 1.63. The number of halogens is 1. The number of aromatic hydroxyl groups is 1. The summed E-state index contributed by atoms with van der Waals surface area (Å²) < 4.78 is 16.8. The van der Waals surface area contributed by atoms with Crippen molar-refractivity contribution in [3.63, 3.8) is 0 Å². The van der Waals surface area contributed by atoms with E-state index in [2.05, 4.69) is 25.1 Å². The van der Waals surface area contributed by atoms with E-state index < -0.39 is 0 Å². The minimum Gasteiger partial charge on any atom is -0.505 e. The van der Waals surface area contributed by atoms with Gasteiger partial charge >= 0.3 is 18.0 Å². The zero-order valence-electron chi connectivity index (χ0n) is 17.9. The summed E-state index contributed by atoms with van der Waals surface area (Å²) in [7, 11) is 0. The molecule has 0 bridgehead atoms. The summed E-state index contributed by atoms with van der Waals surface area (Å²) in [6.45, 7) is 7.41. The van der Waals surface area contributed by atoms with E-state index >= 15 is 0 Å². The average molecular weight is 457 g/mol. The molecule has 0 fully saturated rings. The second-order valence-electron chi connectivity index (χ2n) is 7.39. The zero-order chi connectivity index (χ0) is 22.8. The molecule has 0 aliphatic rings. The van der Waals surface area contributed by atoms with E-state index in [1.165, 1.54) is 10.9 Å². The van der Waals surface area contributed by atoms with Crippen LogP contribution in [0.5, 0.6) is 29.5 Å². The first kappa shape index (κ1) is 21.6. The third kappa shape index (κ3) is 4.97. The normalized spacial score (nSPS) is 11.3. The first-order valence-electron chi connectivity index (χ1n) is 9.90. The predicted molar refractivity (Wildman–Crippen MR) is 117 cm³/mol. The Morgan fingerprint density at radius 2 is 1.44 bits per heavy atom. The first-order valence-corrected chi connectivity index (χ1v) is 10.3. The van der Waals surface area contributed by atoms with Crippen LogP contribution in [0.4, 0.5) is 0 Å². The molecule has 2 heterocycles. The van der Waals surface area contributed by atoms with Gasteiger partial charge in [-0.15, -0.1) is 29.9 Å². The van der Waals surface area contributed by atoms with E-state index in [4.69, 9.17) is 25.8 Å². The Morgan fingerprint density at radius 3 is 2.06 bits per heavy atom. The van der Waals surface area contributed by atoms with Crippen LogP contribution in [0.3, 0.4) is 0 Å². The van der Waals surface area contributed by atoms with Crippen molar-refractivity contribution in [3.8, 4) is 35.2 Å². The van der Waals surface area contributed by atoms with Crippen molar-refractivity contribution >= 4 is 22.6 Å². The lowest BCUT2D eigenvalue weighted by Gasteiger charge is -2.13. The smallest absolute Gasteiger partial charge is 0.331 e. The van der Waals surface area contributed by atoms with Gasteiger partial charge in [0.25, 0.3) is 0 Å². The Kier molecular flexibility index (Phi) is 5.95. The van der Waals surface area contributed by atoms with E-state index in [9.17, 15) is 5.11 Å². The van der Waals surface area contributed by atoms with Crippen molar-refractivity contribution in [2.24, 2.45) is 0 Å². The van der Waals surface area contributed by atoms with Crippen LogP contribution in [0.15, 0.2) is 36.4 Å². The van der Waals surface area contributed by atoms with Gasteiger partial charge in [-0.3, -0.25) is 0 Å². The maximum atomic E-state index is 10.5. The maximum absolute atomic E-state index is 10.5. The Bertz CT molecular complexity index is 1230. The molecule has 0 aliphatic carbocycles. The number of hydrogen-bond acceptors (Lipinski definition) is 9. The van der Waals surface area contributed by atoms with Gasteiger partial charge in [-0.1, -0.05) is 11.6 Å². The summed E-state index contributed by atoms with van der Waals surface area (Å²) in [4.78, 5) is 13.8. The molecule has 166 valence electrons. The Balaban J connectivity index is 1.61. The fraction of sp³-hybridized carbons (Fsp3) is 0.286. The third-order valence-corrected chi connectivity index (χ3v) is 4.21. The fourth-order valence-electron chi connectivity index (χ4n) is 2.73. The van der Waals surface area contributed by atoms with Gasteiger partial charge in [0.15, 0.2) is 0 Å². The molecule has 0 spiro atoms. The highest BCUT2D eigenvalue weighted by atomic mass is 35.5. The van der Waals surface area contributed by atoms with Crippen LogP contribution in [-0.4, -0.2) is 47.3 Å². The van der Waals surface area contributed by atoms with Crippen LogP contribution in [0.25, 0.3) is 16.7 Å². The van der Waals surface area contributed by atoms with Gasteiger partial charge in [0.05, 0.1) is 12.2 Å². The van der Waals surface area contributed by atoms with Crippen LogP contribution in [-0.2, 0) is 0 Å². The third-order valence-electron chi connectivity index (χ3n) is 3.97. The minimum atomic E-state index is -0.146. The van der Waals surface area contributed by atoms with Crippen LogP contribution < -0.4 is 14.2 Å². The van der Waals surface area contributed by atoms with Gasteiger partial charge in [-0.2, -0.15) is 0 Å². The number of nitrogens with zero attached hydrogens (tertiary/aromatic N) is 6. The van der Waals surface area contributed by atoms with Crippen LogP contribution in [0.1, 0.15) is 27.7 Å². The van der Waals surface area contributed by atoms with Gasteiger partial charge in [0.1, 0.15) is 28.2 Å². The molecule has 0 saturated heterocycles. The second-order valence-corrected chi connectivity index (χ2v) is 7.83. The first-order chi connectivity index (χ1) is 15.3. The van der Waals surface area contributed by atoms with Crippen LogP contribution in [0.2, 0.25) is 5.02 Å². The Labute approximate surface area is 188 Å². The molecule has 10 nitrogen and oxygen atoms in total. The lowest BCUT2D eigenvalue weighted by atomic mass is 10.3. The molecule has 0 amide bonds. The number of rotatable bonds is 7. The molecule has 32 heavy (non-hydrogen) atoms. The van der Waals surface area contributed by atoms with E-state index in [0.717, 1.165) is 0 Å². The summed E-state index contributed by atoms with van der Waals surface area (Å²) in [5, 5.41) is 19.8. The highest BCUT2D eigenvalue weighted by molar-refractivity contribution is 6.31. The quantitative estimate of drug-likeness (QED) is 0.433. The van der Waals surface area contributed by atoms with Gasteiger partial charge < -0.3 is 19.3 Å². The molecule has 1 N–H and O–H groups in total. The second kappa shape index (κ2) is 8.83. The summed E-state index contributed by atoms with van der Waals surface area (Å²) in [6.07, 6.45) is -0.292. The van der Waals surface area contributed by atoms with Crippen molar-refractivity contribution in [3.05, 3.63) is 41.4 Å². The van der Waals surface area contributed by atoms with E-state index in [-0.39, 0.29) is 36.0 Å². The largest absolute Gasteiger partial charge is 0.505 e. The molecule has 2 aromatic carbocycles. The highest BCUT2D eigenvalue weighted by Crippen LogP contribution is 2.30. The molecule has 0 radical (unpaired) electrons. The van der Waals surface area contributed by atoms with Crippen molar-refractivity contribution in [1.29, 1.82) is 0 Å². The predicted octanol–water partition coefficient (Wildman–Crippen LogP) is 4.33. The number of aromatic nitrogens is 6. The van der Waals surface area contributed by atoms with Crippen molar-refractivity contribution in [2.45, 2.75) is 39.9 Å². The molecule has 0 unspecified atom stereocenters. The number of benzene rings is 2. The van der Waals surface area contributed by atoms with Gasteiger partial charge in [-0.25, -0.2) is 0 Å². The molecule has 4 aromatic rings. The number of fused-ring (bicyclic) bond motifs is 1. The van der Waals surface area contributed by atoms with Crippen molar-refractivity contribution in [2.75, 3.05) is 0 Å². The molecule has 11 heteroatoms. The van der Waals surface area contributed by atoms with E-state index in [1.54, 1.807) is 30.3 Å². The minimum absolute atomic E-state index is 0.0314. The zero-order valence-corrected chi connectivity index (χ0v) is 18.6. The Morgan fingerprint density at radius 1 is 0.812 bits per heavy atom. The number of ether oxygens (including phenoxy) is 3. The van der Waals surface area contributed by atoms with Gasteiger partial charge in [0.2, 0.25) is 0 Å². The monoisotopic (exact) mass is 456 g/mol. The van der Waals surface area contributed by atoms with Gasteiger partial charge in [-0.05, 0) is 58.0 Å². The lowest BCUT2D eigenvalue weighted by Crippen LogP contribution is -2.13. The van der Waals surface area contributed by atoms with Gasteiger partial charge in [0, 0.05) is 11.1 Å². The standard InChI is InChI=1S/C21H21ClN6O4/c1-11(2)30-19-23-20(31-12(3)4)25-21(24-19)32-14-6-8-17(18(29)10-14)28-26-15-7-5-13(22)9-16(15)27-28/h5-12,29H,1-4H3. The molecular weight excluding hydrogens is 436 g/mol. The van der Waals surface area contributed by atoms with Crippen molar-refractivity contribution in [1.82, 2.24) is 29.9 Å². The van der Waals surface area contributed by atoms with Crippen LogP contribution >= 0.6 is 11.6 Å². The molecule has 0 aliphatic heterocycles. The SMILES string of the molecule is CC(C)Oc1nc(Oc2ccc(-n3nc4ccc(Cl)cc4n3)c(O)c2)nc(OC(C)C)n1. The summed E-state index contributed by atoms with van der Waals surface area (Å²) in [5.74, 6) is 0.198. The highest BCUT2D eigenvalue weighted by Gasteiger charge is 2.15. The van der Waals surface area contributed by atoms with Crippen molar-refractivity contribution < 1.29 is 19.3 Å². The topological polar surface area (TPSA) is 117 Å².